The summed E-state index contributed by atoms with van der Waals surface area (Å²) in [5.74, 6) is 0.580. The van der Waals surface area contributed by atoms with Crippen molar-refractivity contribution in [3.8, 4) is 11.5 Å². The molecule has 0 unspecified atom stereocenters. The molecule has 3 rings (SSSR count). The zero-order valence-corrected chi connectivity index (χ0v) is 15.8. The van der Waals surface area contributed by atoms with Crippen LogP contribution in [-0.2, 0) is 4.74 Å². The third-order valence-corrected chi connectivity index (χ3v) is 4.57. The van der Waals surface area contributed by atoms with E-state index < -0.39 is 6.36 Å². The maximum absolute atomic E-state index is 12.3. The second-order valence-corrected chi connectivity index (χ2v) is 6.58. The SMILES string of the molecule is COc1c(Cl)ncnc1NC[C@H]1CCC[C@@H](c2ccc(OC(F)(F)F)cc2)O1. The topological polar surface area (TPSA) is 65.5 Å². The van der Waals surface area contributed by atoms with Crippen molar-refractivity contribution < 1.29 is 27.4 Å². The molecule has 0 radical (unpaired) electrons. The van der Waals surface area contributed by atoms with Crippen molar-refractivity contribution in [3.05, 3.63) is 41.3 Å². The summed E-state index contributed by atoms with van der Waals surface area (Å²) in [6.07, 6.45) is -1.09. The summed E-state index contributed by atoms with van der Waals surface area (Å²) >= 11 is 5.98. The summed E-state index contributed by atoms with van der Waals surface area (Å²) in [6.45, 7) is 0.482. The molecule has 1 aliphatic heterocycles. The van der Waals surface area contributed by atoms with Crippen LogP contribution in [0.5, 0.6) is 11.5 Å². The number of benzene rings is 1. The summed E-state index contributed by atoms with van der Waals surface area (Å²) in [6, 6.07) is 5.77. The molecule has 6 nitrogen and oxygen atoms in total. The lowest BCUT2D eigenvalue weighted by Crippen LogP contribution is -2.29. The second kappa shape index (κ2) is 8.83. The van der Waals surface area contributed by atoms with Crippen LogP contribution in [0.15, 0.2) is 30.6 Å². The molecule has 10 heteroatoms. The molecule has 1 N–H and O–H groups in total. The van der Waals surface area contributed by atoms with Crippen LogP contribution in [-0.4, -0.2) is 36.1 Å². The molecule has 0 spiro atoms. The van der Waals surface area contributed by atoms with Gasteiger partial charge in [0.05, 0.1) is 19.3 Å². The van der Waals surface area contributed by atoms with Crippen molar-refractivity contribution in [2.24, 2.45) is 0 Å². The highest BCUT2D eigenvalue weighted by Crippen LogP contribution is 2.34. The van der Waals surface area contributed by atoms with Gasteiger partial charge < -0.3 is 19.5 Å². The molecule has 0 bridgehead atoms. The number of hydrogen-bond donors (Lipinski definition) is 1. The van der Waals surface area contributed by atoms with Gasteiger partial charge in [-0.2, -0.15) is 0 Å². The first kappa shape index (κ1) is 20.5. The molecule has 1 saturated heterocycles. The zero-order valence-electron chi connectivity index (χ0n) is 15.0. The first-order chi connectivity index (χ1) is 13.4. The number of aromatic nitrogens is 2. The average Bonchev–Trinajstić information content (AvgIpc) is 2.66. The van der Waals surface area contributed by atoms with E-state index in [2.05, 4.69) is 20.0 Å². The summed E-state index contributed by atoms with van der Waals surface area (Å²) < 4.78 is 52.0. The molecule has 152 valence electrons. The summed E-state index contributed by atoms with van der Waals surface area (Å²) in [5.41, 5.74) is 0.807. The van der Waals surface area contributed by atoms with E-state index in [1.165, 1.54) is 25.6 Å². The van der Waals surface area contributed by atoms with Gasteiger partial charge >= 0.3 is 6.36 Å². The lowest BCUT2D eigenvalue weighted by molar-refractivity contribution is -0.274. The number of methoxy groups -OCH3 is 1. The average molecular weight is 418 g/mol. The van der Waals surface area contributed by atoms with Crippen molar-refractivity contribution >= 4 is 17.4 Å². The van der Waals surface area contributed by atoms with E-state index in [4.69, 9.17) is 21.1 Å². The van der Waals surface area contributed by atoms with Gasteiger partial charge in [0, 0.05) is 6.54 Å². The van der Waals surface area contributed by atoms with Crippen molar-refractivity contribution in [3.63, 3.8) is 0 Å². The largest absolute Gasteiger partial charge is 0.573 e. The highest BCUT2D eigenvalue weighted by atomic mass is 35.5. The van der Waals surface area contributed by atoms with E-state index >= 15 is 0 Å². The van der Waals surface area contributed by atoms with E-state index in [0.717, 1.165) is 24.8 Å². The van der Waals surface area contributed by atoms with Crippen LogP contribution in [0, 0.1) is 0 Å². The molecule has 2 heterocycles. The molecule has 0 aliphatic carbocycles. The molecule has 1 aromatic carbocycles. The number of ether oxygens (including phenoxy) is 3. The fraction of sp³-hybridized carbons (Fsp3) is 0.444. The smallest absolute Gasteiger partial charge is 0.490 e. The minimum Gasteiger partial charge on any atom is -0.490 e. The Balaban J connectivity index is 1.59. The molecular formula is C18H19ClF3N3O3. The minimum atomic E-state index is -4.70. The first-order valence-electron chi connectivity index (χ1n) is 8.65. The quantitative estimate of drug-likeness (QED) is 0.684. The van der Waals surface area contributed by atoms with Gasteiger partial charge in [0.15, 0.2) is 16.7 Å². The van der Waals surface area contributed by atoms with E-state index in [9.17, 15) is 13.2 Å². The summed E-state index contributed by atoms with van der Waals surface area (Å²) in [4.78, 5) is 7.98. The number of nitrogens with one attached hydrogen (secondary N) is 1. The number of hydrogen-bond acceptors (Lipinski definition) is 6. The minimum absolute atomic E-state index is 0.0942. The van der Waals surface area contributed by atoms with Gasteiger partial charge in [0.25, 0.3) is 0 Å². The van der Waals surface area contributed by atoms with Crippen molar-refractivity contribution in [1.29, 1.82) is 0 Å². The number of anilines is 1. The van der Waals surface area contributed by atoms with Gasteiger partial charge in [-0.25, -0.2) is 9.97 Å². The molecule has 0 amide bonds. The molecular weight excluding hydrogens is 399 g/mol. The Morgan fingerprint density at radius 2 is 1.96 bits per heavy atom. The van der Waals surface area contributed by atoms with Gasteiger partial charge in [0.1, 0.15) is 12.1 Å². The zero-order chi connectivity index (χ0) is 20.1. The molecule has 2 atom stereocenters. The Morgan fingerprint density at radius 1 is 1.21 bits per heavy atom. The van der Waals surface area contributed by atoms with Crippen molar-refractivity contribution in [2.75, 3.05) is 19.0 Å². The summed E-state index contributed by atoms with van der Waals surface area (Å²) in [5, 5.41) is 3.36. The lowest BCUT2D eigenvalue weighted by atomic mass is 9.98. The Morgan fingerprint density at radius 3 is 2.64 bits per heavy atom. The Bertz CT molecular complexity index is 790. The Hall–Kier alpha value is -2.26. The normalized spacial score (nSPS) is 19.9. The van der Waals surface area contributed by atoms with E-state index in [1.54, 1.807) is 12.1 Å². The van der Waals surface area contributed by atoms with Crippen LogP contribution in [0.3, 0.4) is 0 Å². The number of nitrogens with zero attached hydrogens (tertiary/aromatic N) is 2. The molecule has 0 saturated carbocycles. The number of rotatable bonds is 6. The van der Waals surface area contributed by atoms with Gasteiger partial charge in [-0.15, -0.1) is 13.2 Å². The first-order valence-corrected chi connectivity index (χ1v) is 9.03. The fourth-order valence-electron chi connectivity index (χ4n) is 3.05. The van der Waals surface area contributed by atoms with Crippen LogP contribution < -0.4 is 14.8 Å². The van der Waals surface area contributed by atoms with Crippen LogP contribution in [0.25, 0.3) is 0 Å². The summed E-state index contributed by atoms with van der Waals surface area (Å²) in [7, 11) is 1.48. The maximum Gasteiger partial charge on any atom is 0.573 e. The maximum atomic E-state index is 12.3. The van der Waals surface area contributed by atoms with Gasteiger partial charge in [-0.1, -0.05) is 23.7 Å². The number of halogens is 4. The third kappa shape index (κ3) is 5.39. The van der Waals surface area contributed by atoms with Crippen molar-refractivity contribution in [2.45, 2.75) is 37.8 Å². The monoisotopic (exact) mass is 417 g/mol. The molecule has 1 fully saturated rings. The van der Waals surface area contributed by atoms with Gasteiger partial charge in [0.2, 0.25) is 0 Å². The highest BCUT2D eigenvalue weighted by molar-refractivity contribution is 6.31. The number of alkyl halides is 3. The lowest BCUT2D eigenvalue weighted by Gasteiger charge is -2.31. The van der Waals surface area contributed by atoms with E-state index in [0.29, 0.717) is 18.1 Å². The van der Waals surface area contributed by atoms with E-state index in [1.807, 2.05) is 0 Å². The van der Waals surface area contributed by atoms with E-state index in [-0.39, 0.29) is 23.1 Å². The molecule has 1 aliphatic rings. The van der Waals surface area contributed by atoms with Crippen LogP contribution in [0.4, 0.5) is 19.0 Å². The second-order valence-electron chi connectivity index (χ2n) is 6.22. The standard InChI is InChI=1S/C18H19ClF3N3O3/c1-26-15-16(19)24-10-25-17(15)23-9-13-3-2-4-14(27-13)11-5-7-12(8-6-11)28-18(20,21)22/h5-8,10,13-14H,2-4,9H2,1H3,(H,23,24,25)/t13-,14+/m1/s1. The fourth-order valence-corrected chi connectivity index (χ4v) is 3.26. The molecule has 2 aromatic rings. The Labute approximate surface area is 165 Å². The van der Waals surface area contributed by atoms with Gasteiger partial charge in [-0.3, -0.25) is 0 Å². The van der Waals surface area contributed by atoms with Crippen LogP contribution in [0.2, 0.25) is 5.15 Å². The highest BCUT2D eigenvalue weighted by Gasteiger charge is 2.31. The third-order valence-electron chi connectivity index (χ3n) is 4.30. The van der Waals surface area contributed by atoms with Crippen LogP contribution >= 0.6 is 11.6 Å². The van der Waals surface area contributed by atoms with Crippen LogP contribution in [0.1, 0.15) is 30.9 Å². The molecule has 28 heavy (non-hydrogen) atoms. The van der Waals surface area contributed by atoms with Gasteiger partial charge in [-0.05, 0) is 37.0 Å². The molecule has 1 aromatic heterocycles. The Kier molecular flexibility index (Phi) is 6.46. The predicted molar refractivity (Wildman–Crippen MR) is 96.7 cm³/mol. The van der Waals surface area contributed by atoms with Crippen molar-refractivity contribution in [1.82, 2.24) is 9.97 Å². The predicted octanol–water partition coefficient (Wildman–Crippen LogP) is 4.76.